The molecule has 2 atom stereocenters. The van der Waals surface area contributed by atoms with Gasteiger partial charge in [-0.25, -0.2) is 0 Å². The van der Waals surface area contributed by atoms with Crippen LogP contribution in [0.5, 0.6) is 0 Å². The molecule has 6 heteroatoms. The molecule has 2 unspecified atom stereocenters. The van der Waals surface area contributed by atoms with Crippen LogP contribution in [0.3, 0.4) is 0 Å². The van der Waals surface area contributed by atoms with Gasteiger partial charge in [0.1, 0.15) is 4.83 Å². The molecule has 0 spiro atoms. The van der Waals surface area contributed by atoms with E-state index in [9.17, 15) is 9.59 Å². The number of carboxylic acid groups (broad SMARTS) is 1. The van der Waals surface area contributed by atoms with Crippen molar-refractivity contribution in [3.8, 4) is 0 Å². The lowest BCUT2D eigenvalue weighted by Gasteiger charge is -2.23. The minimum Gasteiger partial charge on any atom is -0.480 e. The quantitative estimate of drug-likeness (QED) is 0.607. The van der Waals surface area contributed by atoms with E-state index in [0.717, 1.165) is 38.8 Å². The summed E-state index contributed by atoms with van der Waals surface area (Å²) in [6, 6.07) is 0. The van der Waals surface area contributed by atoms with Crippen LogP contribution in [-0.2, 0) is 9.59 Å². The Balaban J connectivity index is 0. The van der Waals surface area contributed by atoms with E-state index >= 15 is 0 Å². The maximum absolute atomic E-state index is 11.7. The molecule has 0 aliphatic heterocycles. The number of alkyl halides is 2. The van der Waals surface area contributed by atoms with Gasteiger partial charge in [0.2, 0.25) is 5.91 Å². The van der Waals surface area contributed by atoms with E-state index in [-0.39, 0.29) is 10.7 Å². The van der Waals surface area contributed by atoms with Gasteiger partial charge in [0.25, 0.3) is 0 Å². The first kappa shape index (κ1) is 22.2. The largest absolute Gasteiger partial charge is 0.480 e. The van der Waals surface area contributed by atoms with Crippen molar-refractivity contribution in [3.63, 3.8) is 0 Å². The molecule has 0 rings (SSSR count). The highest BCUT2D eigenvalue weighted by atomic mass is 79.9. The number of carboxylic acids is 1. The molecular formula is C14H27Br2NO3. The third kappa shape index (κ3) is 12.9. The predicted molar refractivity (Wildman–Crippen MR) is 90.8 cm³/mol. The number of amides is 1. The Morgan fingerprint density at radius 2 is 1.35 bits per heavy atom. The van der Waals surface area contributed by atoms with Crippen LogP contribution in [0.1, 0.15) is 53.4 Å². The van der Waals surface area contributed by atoms with Crippen molar-refractivity contribution in [3.05, 3.63) is 0 Å². The zero-order valence-corrected chi connectivity index (χ0v) is 16.0. The Hall–Kier alpha value is -0.100. The minimum atomic E-state index is -0.824. The average Bonchev–Trinajstić information content (AvgIpc) is 2.38. The summed E-state index contributed by atoms with van der Waals surface area (Å²) in [6.45, 7) is 9.58. The van der Waals surface area contributed by atoms with Gasteiger partial charge in [0, 0.05) is 13.1 Å². The molecular weight excluding hydrogens is 390 g/mol. The van der Waals surface area contributed by atoms with Gasteiger partial charge in [0.05, 0.1) is 4.83 Å². The highest BCUT2D eigenvalue weighted by Gasteiger charge is 2.16. The number of nitrogens with zero attached hydrogens (tertiary/aromatic N) is 1. The predicted octanol–water partition coefficient (Wildman–Crippen LogP) is 4.05. The molecule has 0 aromatic heterocycles. The zero-order chi connectivity index (χ0) is 16.1. The monoisotopic (exact) mass is 415 g/mol. The number of unbranched alkanes of at least 4 members (excludes halogenated alkanes) is 2. The van der Waals surface area contributed by atoms with E-state index in [1.54, 1.807) is 6.92 Å². The standard InChI is InChI=1S/C11H22BrNO.C3H5BrO2/c1-4-6-8-13(9-7-5-2)11(14)10(3)12;1-2(4)3(5)6/h10H,4-9H2,1-3H3;2H,1H3,(H,5,6). The number of carbonyl (C=O) groups excluding carboxylic acids is 1. The Labute approximate surface area is 139 Å². The van der Waals surface area contributed by atoms with Crippen LogP contribution in [0.15, 0.2) is 0 Å². The Morgan fingerprint density at radius 1 is 1.00 bits per heavy atom. The maximum atomic E-state index is 11.7. The number of halogens is 2. The molecule has 0 saturated heterocycles. The van der Waals surface area contributed by atoms with Crippen LogP contribution in [0.4, 0.5) is 0 Å². The lowest BCUT2D eigenvalue weighted by atomic mass is 10.2. The van der Waals surface area contributed by atoms with Crippen LogP contribution in [0, 0.1) is 0 Å². The van der Waals surface area contributed by atoms with E-state index < -0.39 is 10.8 Å². The second-order valence-corrected chi connectivity index (χ2v) is 7.35. The lowest BCUT2D eigenvalue weighted by Crippen LogP contribution is -2.37. The molecule has 0 saturated carbocycles. The van der Waals surface area contributed by atoms with Crippen molar-refractivity contribution in [2.45, 2.75) is 63.0 Å². The number of aliphatic carboxylic acids is 1. The normalized spacial score (nSPS) is 12.9. The van der Waals surface area contributed by atoms with Crippen LogP contribution in [0.25, 0.3) is 0 Å². The number of rotatable bonds is 8. The van der Waals surface area contributed by atoms with Gasteiger partial charge in [-0.15, -0.1) is 0 Å². The molecule has 0 heterocycles. The highest BCUT2D eigenvalue weighted by molar-refractivity contribution is 9.10. The molecule has 1 amide bonds. The zero-order valence-electron chi connectivity index (χ0n) is 12.9. The van der Waals surface area contributed by atoms with E-state index in [4.69, 9.17) is 5.11 Å². The molecule has 1 N–H and O–H groups in total. The molecule has 0 radical (unpaired) electrons. The Morgan fingerprint density at radius 3 is 1.55 bits per heavy atom. The van der Waals surface area contributed by atoms with E-state index in [0.29, 0.717) is 0 Å². The first-order valence-corrected chi connectivity index (χ1v) is 8.90. The first-order valence-electron chi connectivity index (χ1n) is 7.07. The topological polar surface area (TPSA) is 57.6 Å². The maximum Gasteiger partial charge on any atom is 0.316 e. The summed E-state index contributed by atoms with van der Waals surface area (Å²) in [5.41, 5.74) is 0. The molecule has 0 aromatic carbocycles. The fourth-order valence-electron chi connectivity index (χ4n) is 1.28. The van der Waals surface area contributed by atoms with Crippen LogP contribution >= 0.6 is 31.9 Å². The fourth-order valence-corrected chi connectivity index (χ4v) is 1.57. The van der Waals surface area contributed by atoms with Gasteiger partial charge in [0.15, 0.2) is 0 Å². The van der Waals surface area contributed by atoms with Crippen molar-refractivity contribution in [2.24, 2.45) is 0 Å². The van der Waals surface area contributed by atoms with Gasteiger partial charge in [-0.3, -0.25) is 9.59 Å². The smallest absolute Gasteiger partial charge is 0.316 e. The second kappa shape index (κ2) is 13.9. The SMILES string of the molecule is CC(Br)C(=O)O.CCCCN(CCCC)C(=O)C(C)Br. The van der Waals surface area contributed by atoms with Gasteiger partial charge in [-0.1, -0.05) is 58.5 Å². The minimum absolute atomic E-state index is 0.0452. The van der Waals surface area contributed by atoms with Crippen molar-refractivity contribution in [2.75, 3.05) is 13.1 Å². The van der Waals surface area contributed by atoms with Gasteiger partial charge < -0.3 is 10.0 Å². The molecule has 0 bridgehead atoms. The van der Waals surface area contributed by atoms with Crippen molar-refractivity contribution in [1.29, 1.82) is 0 Å². The molecule has 4 nitrogen and oxygen atoms in total. The number of hydrogen-bond acceptors (Lipinski definition) is 2. The van der Waals surface area contributed by atoms with Crippen molar-refractivity contribution >= 4 is 43.7 Å². The third-order valence-electron chi connectivity index (χ3n) is 2.56. The van der Waals surface area contributed by atoms with Crippen molar-refractivity contribution in [1.82, 2.24) is 4.90 Å². The average molecular weight is 417 g/mol. The van der Waals surface area contributed by atoms with Gasteiger partial charge >= 0.3 is 5.97 Å². The van der Waals surface area contributed by atoms with Crippen LogP contribution in [0.2, 0.25) is 0 Å². The number of carbonyl (C=O) groups is 2. The van der Waals surface area contributed by atoms with Gasteiger partial charge in [-0.2, -0.15) is 0 Å². The fraction of sp³-hybridized carbons (Fsp3) is 0.857. The highest BCUT2D eigenvalue weighted by Crippen LogP contribution is 2.07. The first-order chi connectivity index (χ1) is 9.27. The molecule has 0 aliphatic carbocycles. The summed E-state index contributed by atoms with van der Waals surface area (Å²) in [4.78, 5) is 22.9. The molecule has 0 aromatic rings. The van der Waals surface area contributed by atoms with Crippen LogP contribution < -0.4 is 0 Å². The summed E-state index contributed by atoms with van der Waals surface area (Å²) in [5, 5.41) is 7.94. The lowest BCUT2D eigenvalue weighted by molar-refractivity contribution is -0.136. The van der Waals surface area contributed by atoms with E-state index in [1.807, 2.05) is 11.8 Å². The van der Waals surface area contributed by atoms with Crippen molar-refractivity contribution < 1.29 is 14.7 Å². The summed E-state index contributed by atoms with van der Waals surface area (Å²) < 4.78 is 0. The Bertz CT molecular complexity index is 263. The van der Waals surface area contributed by atoms with E-state index in [1.165, 1.54) is 0 Å². The van der Waals surface area contributed by atoms with Crippen LogP contribution in [-0.4, -0.2) is 44.6 Å². The molecule has 20 heavy (non-hydrogen) atoms. The molecule has 0 aliphatic rings. The van der Waals surface area contributed by atoms with Gasteiger partial charge in [-0.05, 0) is 26.7 Å². The number of hydrogen-bond donors (Lipinski definition) is 1. The second-order valence-electron chi connectivity index (χ2n) is 4.60. The summed E-state index contributed by atoms with van der Waals surface area (Å²) in [6.07, 6.45) is 4.50. The summed E-state index contributed by atoms with van der Waals surface area (Å²) in [5.74, 6) is -0.595. The van der Waals surface area contributed by atoms with E-state index in [2.05, 4.69) is 45.7 Å². The molecule has 120 valence electrons. The molecule has 0 fully saturated rings. The summed E-state index contributed by atoms with van der Waals surface area (Å²) >= 11 is 6.17. The third-order valence-corrected chi connectivity index (χ3v) is 3.34. The Kier molecular flexibility index (Phi) is 15.4. The summed E-state index contributed by atoms with van der Waals surface area (Å²) in [7, 11) is 0.